The van der Waals surface area contributed by atoms with Gasteiger partial charge in [-0.15, -0.1) is 0 Å². The largest absolute Gasteiger partial charge is 0.477 e. The summed E-state index contributed by atoms with van der Waals surface area (Å²) in [6.45, 7) is 3.57. The number of rotatable bonds is 6. The highest BCUT2D eigenvalue weighted by Crippen LogP contribution is 2.39. The second-order valence-electron chi connectivity index (χ2n) is 5.08. The van der Waals surface area contributed by atoms with Crippen LogP contribution in [0.5, 0.6) is 5.88 Å². The van der Waals surface area contributed by atoms with E-state index in [1.807, 2.05) is 6.92 Å². The van der Waals surface area contributed by atoms with Gasteiger partial charge in [0, 0.05) is 18.0 Å². The van der Waals surface area contributed by atoms with E-state index < -0.39 is 0 Å². The van der Waals surface area contributed by atoms with E-state index >= 15 is 0 Å². The Hall–Kier alpha value is -0.870. The van der Waals surface area contributed by atoms with Gasteiger partial charge < -0.3 is 9.64 Å². The van der Waals surface area contributed by atoms with E-state index in [4.69, 9.17) is 16.3 Å². The van der Waals surface area contributed by atoms with Crippen molar-refractivity contribution in [2.24, 2.45) is 0 Å². The van der Waals surface area contributed by atoms with Crippen molar-refractivity contribution in [2.45, 2.75) is 32.1 Å². The third kappa shape index (κ3) is 3.56. The zero-order valence-electron chi connectivity index (χ0n) is 11.2. The molecule has 0 spiro atoms. The molecule has 0 radical (unpaired) electrons. The molecule has 0 unspecified atom stereocenters. The maximum Gasteiger partial charge on any atom is 0.221 e. The average molecular weight is 270 g/mol. The predicted octanol–water partition coefficient (Wildman–Crippen LogP) is 2.65. The van der Waals surface area contributed by atoms with Crippen LogP contribution in [-0.2, 0) is 0 Å². The van der Waals surface area contributed by atoms with Crippen LogP contribution in [0.3, 0.4) is 0 Å². The first kappa shape index (κ1) is 13.6. The maximum absolute atomic E-state index is 6.11. The van der Waals surface area contributed by atoms with Crippen LogP contribution >= 0.6 is 11.6 Å². The highest BCUT2D eigenvalue weighted by atomic mass is 35.5. The first-order valence-corrected chi connectivity index (χ1v) is 6.77. The van der Waals surface area contributed by atoms with E-state index in [9.17, 15) is 0 Å². The van der Waals surface area contributed by atoms with Crippen LogP contribution in [0.4, 0.5) is 0 Å². The molecule has 1 aliphatic carbocycles. The summed E-state index contributed by atoms with van der Waals surface area (Å²) in [6.07, 6.45) is 3.31. The van der Waals surface area contributed by atoms with Crippen LogP contribution in [0.1, 0.15) is 36.6 Å². The summed E-state index contributed by atoms with van der Waals surface area (Å²) in [7, 11) is 4.11. The van der Waals surface area contributed by atoms with Gasteiger partial charge >= 0.3 is 0 Å². The molecule has 0 amide bonds. The summed E-state index contributed by atoms with van der Waals surface area (Å²) < 4.78 is 5.72. The van der Waals surface area contributed by atoms with Gasteiger partial charge in [0.2, 0.25) is 5.88 Å². The summed E-state index contributed by atoms with van der Waals surface area (Å²) in [6, 6.07) is 0. The lowest BCUT2D eigenvalue weighted by molar-refractivity contribution is 0.270. The molecule has 0 aromatic carbocycles. The zero-order chi connectivity index (χ0) is 13.1. The number of hydrogen-bond donors (Lipinski definition) is 0. The van der Waals surface area contributed by atoms with E-state index in [0.29, 0.717) is 23.6 Å². The molecule has 18 heavy (non-hydrogen) atoms. The highest BCUT2D eigenvalue weighted by Gasteiger charge is 2.28. The van der Waals surface area contributed by atoms with Gasteiger partial charge in [-0.3, -0.25) is 0 Å². The van der Waals surface area contributed by atoms with Crippen molar-refractivity contribution in [1.29, 1.82) is 0 Å². The summed E-state index contributed by atoms with van der Waals surface area (Å²) in [5, 5.41) is 0.523. The van der Waals surface area contributed by atoms with Crippen molar-refractivity contribution in [3.8, 4) is 5.88 Å². The van der Waals surface area contributed by atoms with Gasteiger partial charge in [0.15, 0.2) is 0 Å². The minimum absolute atomic E-state index is 0.493. The van der Waals surface area contributed by atoms with Gasteiger partial charge in [-0.2, -0.15) is 4.98 Å². The van der Waals surface area contributed by atoms with Crippen molar-refractivity contribution in [2.75, 3.05) is 27.2 Å². The van der Waals surface area contributed by atoms with Gasteiger partial charge in [0.1, 0.15) is 11.0 Å². The number of nitrogens with zero attached hydrogens (tertiary/aromatic N) is 3. The van der Waals surface area contributed by atoms with Crippen LogP contribution in [0, 0.1) is 6.92 Å². The first-order valence-electron chi connectivity index (χ1n) is 6.39. The van der Waals surface area contributed by atoms with Crippen LogP contribution in [0.25, 0.3) is 0 Å². The molecule has 0 bridgehead atoms. The molecule has 0 saturated heterocycles. The molecule has 0 aliphatic heterocycles. The summed E-state index contributed by atoms with van der Waals surface area (Å²) in [5.41, 5.74) is 0.839. The van der Waals surface area contributed by atoms with E-state index in [1.165, 1.54) is 12.8 Å². The molecule has 5 heteroatoms. The summed E-state index contributed by atoms with van der Waals surface area (Å²) in [5.74, 6) is 1.98. The molecule has 2 rings (SSSR count). The van der Waals surface area contributed by atoms with Crippen molar-refractivity contribution >= 4 is 11.6 Å². The van der Waals surface area contributed by atoms with Crippen LogP contribution in [0.2, 0.25) is 5.15 Å². The number of halogens is 1. The van der Waals surface area contributed by atoms with E-state index in [1.54, 1.807) is 0 Å². The van der Waals surface area contributed by atoms with Crippen LogP contribution in [0.15, 0.2) is 0 Å². The second-order valence-corrected chi connectivity index (χ2v) is 5.44. The molecule has 1 saturated carbocycles. The van der Waals surface area contributed by atoms with Gasteiger partial charge in [0.05, 0.1) is 6.61 Å². The quantitative estimate of drug-likeness (QED) is 0.588. The van der Waals surface area contributed by atoms with Crippen LogP contribution < -0.4 is 4.74 Å². The molecule has 0 N–H and O–H groups in total. The molecule has 4 nitrogen and oxygen atoms in total. The number of aromatic nitrogens is 2. The standard InChI is InChI=1S/C13H20ClN3O/c1-9-11(14)15-12(10-5-6-10)16-13(9)18-8-4-7-17(2)3/h10H,4-8H2,1-3H3. The molecule has 1 aromatic heterocycles. The Kier molecular flexibility index (Phi) is 4.40. The van der Waals surface area contributed by atoms with Crippen molar-refractivity contribution in [3.63, 3.8) is 0 Å². The lowest BCUT2D eigenvalue weighted by atomic mass is 10.3. The highest BCUT2D eigenvalue weighted by molar-refractivity contribution is 6.30. The molecular weight excluding hydrogens is 250 g/mol. The number of ether oxygens (including phenoxy) is 1. The Balaban J connectivity index is 1.97. The SMILES string of the molecule is Cc1c(Cl)nc(C2CC2)nc1OCCCN(C)C. The fourth-order valence-electron chi connectivity index (χ4n) is 1.70. The lowest BCUT2D eigenvalue weighted by Gasteiger charge is -2.12. The van der Waals surface area contributed by atoms with Crippen molar-refractivity contribution in [1.82, 2.24) is 14.9 Å². The smallest absolute Gasteiger partial charge is 0.221 e. The molecule has 1 fully saturated rings. The van der Waals surface area contributed by atoms with E-state index in [2.05, 4.69) is 29.0 Å². The molecular formula is C13H20ClN3O. The maximum atomic E-state index is 6.11. The third-order valence-electron chi connectivity index (χ3n) is 2.99. The van der Waals surface area contributed by atoms with Gasteiger partial charge in [-0.25, -0.2) is 4.98 Å². The Morgan fingerprint density at radius 2 is 2.06 bits per heavy atom. The lowest BCUT2D eigenvalue weighted by Crippen LogP contribution is -2.16. The minimum Gasteiger partial charge on any atom is -0.477 e. The predicted molar refractivity (Wildman–Crippen MR) is 72.4 cm³/mol. The molecule has 1 aromatic rings. The van der Waals surface area contributed by atoms with Gasteiger partial charge in [-0.05, 0) is 40.3 Å². The van der Waals surface area contributed by atoms with Gasteiger partial charge in [-0.1, -0.05) is 11.6 Å². The van der Waals surface area contributed by atoms with Gasteiger partial charge in [0.25, 0.3) is 0 Å². The first-order chi connectivity index (χ1) is 8.58. The second kappa shape index (κ2) is 5.85. The molecule has 100 valence electrons. The summed E-state index contributed by atoms with van der Waals surface area (Å²) in [4.78, 5) is 10.9. The average Bonchev–Trinajstić information content (AvgIpc) is 3.13. The summed E-state index contributed by atoms with van der Waals surface area (Å²) >= 11 is 6.11. The zero-order valence-corrected chi connectivity index (χ0v) is 12.0. The minimum atomic E-state index is 0.493. The Labute approximate surface area is 113 Å². The monoisotopic (exact) mass is 269 g/mol. The number of hydrogen-bond acceptors (Lipinski definition) is 4. The Morgan fingerprint density at radius 1 is 1.33 bits per heavy atom. The fraction of sp³-hybridized carbons (Fsp3) is 0.692. The topological polar surface area (TPSA) is 38.3 Å². The van der Waals surface area contributed by atoms with Crippen molar-refractivity contribution in [3.05, 3.63) is 16.5 Å². The van der Waals surface area contributed by atoms with Crippen molar-refractivity contribution < 1.29 is 4.74 Å². The fourth-order valence-corrected chi connectivity index (χ4v) is 1.87. The van der Waals surface area contributed by atoms with E-state index in [0.717, 1.165) is 24.4 Å². The normalized spacial score (nSPS) is 15.2. The Morgan fingerprint density at radius 3 is 2.67 bits per heavy atom. The van der Waals surface area contributed by atoms with Crippen LogP contribution in [-0.4, -0.2) is 42.1 Å². The van der Waals surface area contributed by atoms with E-state index in [-0.39, 0.29) is 0 Å². The molecule has 1 aliphatic rings. The molecule has 0 atom stereocenters. The molecule has 1 heterocycles. The Bertz CT molecular complexity index is 419. The third-order valence-corrected chi connectivity index (χ3v) is 3.36.